The fourth-order valence-electron chi connectivity index (χ4n) is 0.798. The Hall–Kier alpha value is -0.920. The molecule has 1 rings (SSSR count). The Morgan fingerprint density at radius 3 is 2.23 bits per heavy atom. The van der Waals surface area contributed by atoms with E-state index in [4.69, 9.17) is 5.14 Å². The quantitative estimate of drug-likeness (QED) is 0.638. The highest BCUT2D eigenvalue weighted by Crippen LogP contribution is 2.12. The van der Waals surface area contributed by atoms with E-state index in [1.165, 1.54) is 6.20 Å². The van der Waals surface area contributed by atoms with Gasteiger partial charge in [-0.25, -0.2) is 5.14 Å². The van der Waals surface area contributed by atoms with Crippen LogP contribution in [0.25, 0.3) is 0 Å². The fraction of sp³-hybridized carbons (Fsp3) is 0.500. The third-order valence-electron chi connectivity index (χ3n) is 1.50. The second-order valence-corrected chi connectivity index (χ2v) is 5.01. The van der Waals surface area contributed by atoms with Crippen molar-refractivity contribution < 1.29 is 8.42 Å². The molecule has 0 atom stereocenters. The van der Waals surface area contributed by atoms with E-state index < -0.39 is 10.2 Å². The van der Waals surface area contributed by atoms with Gasteiger partial charge in [0.25, 0.3) is 0 Å². The summed E-state index contributed by atoms with van der Waals surface area (Å²) in [5, 5.41) is 8.71. The van der Waals surface area contributed by atoms with Gasteiger partial charge >= 0.3 is 10.2 Å². The third-order valence-corrected chi connectivity index (χ3v) is 2.23. The van der Waals surface area contributed by atoms with Gasteiger partial charge in [-0.2, -0.15) is 8.42 Å². The van der Waals surface area contributed by atoms with Crippen LogP contribution in [0.5, 0.6) is 0 Å². The Morgan fingerprint density at radius 2 is 2.00 bits per heavy atom. The topological polar surface area (TPSA) is 78.0 Å². The summed E-state index contributed by atoms with van der Waals surface area (Å²) in [7, 11) is 1.91. The van der Waals surface area contributed by atoms with Crippen molar-refractivity contribution in [1.82, 2.24) is 13.7 Å². The smallest absolute Gasteiger partial charge is 0.281 e. The summed E-state index contributed by atoms with van der Waals surface area (Å²) in [6.45, 7) is 0. The average Bonchev–Trinajstić information content (AvgIpc) is 2.28. The van der Waals surface area contributed by atoms with Gasteiger partial charge < -0.3 is 0 Å². The molecule has 0 radical (unpaired) electrons. The van der Waals surface area contributed by atoms with Gasteiger partial charge in [0, 0.05) is 6.07 Å². The van der Waals surface area contributed by atoms with Crippen molar-refractivity contribution in [3.8, 4) is 0 Å². The number of quaternary nitrogens is 1. The monoisotopic (exact) mass is 205 g/mol. The molecule has 0 aromatic carbocycles. The van der Waals surface area contributed by atoms with Crippen LogP contribution in [0.15, 0.2) is 12.3 Å². The molecular formula is C6H13N4O2S+. The molecule has 1 heterocycles. The average molecular weight is 205 g/mol. The van der Waals surface area contributed by atoms with Crippen molar-refractivity contribution in [3.63, 3.8) is 0 Å². The molecule has 0 saturated heterocycles. The number of hydrogen-bond acceptors (Lipinski definition) is 3. The molecule has 0 spiro atoms. The molecule has 74 valence electrons. The molecule has 0 aliphatic carbocycles. The molecule has 1 aromatic heterocycles. The number of rotatable bonds is 2. The van der Waals surface area contributed by atoms with Crippen molar-refractivity contribution in [2.75, 3.05) is 21.1 Å². The van der Waals surface area contributed by atoms with Crippen LogP contribution in [0, 0.1) is 0 Å². The van der Waals surface area contributed by atoms with Crippen LogP contribution in [-0.4, -0.2) is 38.7 Å². The van der Waals surface area contributed by atoms with E-state index in [9.17, 15) is 8.42 Å². The van der Waals surface area contributed by atoms with Gasteiger partial charge in [0.05, 0.1) is 27.3 Å². The van der Waals surface area contributed by atoms with Crippen molar-refractivity contribution >= 4 is 16.0 Å². The summed E-state index contributed by atoms with van der Waals surface area (Å²) in [5.74, 6) is 0.633. The maximum Gasteiger partial charge on any atom is 0.318 e. The van der Waals surface area contributed by atoms with Gasteiger partial charge in [0.2, 0.25) is 5.82 Å². The summed E-state index contributed by atoms with van der Waals surface area (Å²) in [6.07, 6.45) is 1.33. The molecule has 7 heteroatoms. The van der Waals surface area contributed by atoms with Crippen molar-refractivity contribution in [1.29, 1.82) is 0 Å². The maximum atomic E-state index is 10.8. The molecule has 0 bridgehead atoms. The van der Waals surface area contributed by atoms with Gasteiger partial charge in [0.15, 0.2) is 0 Å². The highest BCUT2D eigenvalue weighted by Gasteiger charge is 2.18. The minimum atomic E-state index is -3.75. The first-order valence-corrected chi connectivity index (χ1v) is 5.12. The molecule has 0 aliphatic heterocycles. The standard InChI is InChI=1S/C6H13N4O2S/c1-10(2,3)6-4-5-9(8-6)13(7,11)12/h4-5H,1-3H3,(H2,7,11,12)/q+1. The van der Waals surface area contributed by atoms with Crippen LogP contribution in [0.3, 0.4) is 0 Å². The molecule has 1 aromatic rings. The van der Waals surface area contributed by atoms with Crippen LogP contribution in [0.4, 0.5) is 5.82 Å². The van der Waals surface area contributed by atoms with E-state index in [0.717, 1.165) is 4.09 Å². The first-order valence-electron chi connectivity index (χ1n) is 3.62. The lowest BCUT2D eigenvalue weighted by Crippen LogP contribution is -2.35. The van der Waals surface area contributed by atoms with Gasteiger partial charge in [-0.1, -0.05) is 0 Å². The zero-order valence-corrected chi connectivity index (χ0v) is 8.61. The number of hydrogen-bond donors (Lipinski definition) is 1. The van der Waals surface area contributed by atoms with Gasteiger partial charge in [0.1, 0.15) is 0 Å². The molecule has 0 amide bonds. The molecule has 0 saturated carbocycles. The Kier molecular flexibility index (Phi) is 2.18. The largest absolute Gasteiger partial charge is 0.318 e. The highest BCUT2D eigenvalue weighted by atomic mass is 32.2. The van der Waals surface area contributed by atoms with Crippen LogP contribution >= 0.6 is 0 Å². The summed E-state index contributed by atoms with van der Waals surface area (Å²) >= 11 is 0. The number of nitrogens with zero attached hydrogens (tertiary/aromatic N) is 3. The second kappa shape index (κ2) is 2.79. The normalized spacial score (nSPS) is 13.2. The Labute approximate surface area is 77.3 Å². The molecule has 2 N–H and O–H groups in total. The van der Waals surface area contributed by atoms with Gasteiger partial charge in [-0.3, -0.25) is 4.48 Å². The zero-order chi connectivity index (χ0) is 10.3. The molecule has 0 aliphatic rings. The molecule has 0 unspecified atom stereocenters. The Morgan fingerprint density at radius 1 is 1.46 bits per heavy atom. The fourth-order valence-corrected chi connectivity index (χ4v) is 1.23. The minimum absolute atomic E-state index is 0.447. The zero-order valence-electron chi connectivity index (χ0n) is 7.80. The predicted molar refractivity (Wildman–Crippen MR) is 50.3 cm³/mol. The lowest BCUT2D eigenvalue weighted by atomic mass is 10.5. The van der Waals surface area contributed by atoms with Gasteiger partial charge in [-0.15, -0.1) is 9.19 Å². The van der Waals surface area contributed by atoms with E-state index in [0.29, 0.717) is 10.3 Å². The molecular weight excluding hydrogens is 192 g/mol. The lowest BCUT2D eigenvalue weighted by molar-refractivity contribution is 0.470. The lowest BCUT2D eigenvalue weighted by Gasteiger charge is -2.19. The van der Waals surface area contributed by atoms with E-state index in [1.54, 1.807) is 6.07 Å². The van der Waals surface area contributed by atoms with Gasteiger partial charge in [-0.05, 0) is 0 Å². The first-order chi connectivity index (χ1) is 5.71. The van der Waals surface area contributed by atoms with Crippen molar-refractivity contribution in [3.05, 3.63) is 12.3 Å². The van der Waals surface area contributed by atoms with Crippen LogP contribution in [0.1, 0.15) is 0 Å². The number of nitrogens with two attached hydrogens (primary N) is 1. The second-order valence-electron chi connectivity index (χ2n) is 3.60. The van der Waals surface area contributed by atoms with E-state index >= 15 is 0 Å². The van der Waals surface area contributed by atoms with E-state index in [-0.39, 0.29) is 0 Å². The SMILES string of the molecule is C[N+](C)(C)c1ccn(S(N)(=O)=O)n1. The Balaban J connectivity index is 3.16. The number of aromatic nitrogens is 2. The minimum Gasteiger partial charge on any atom is -0.281 e. The first kappa shape index (κ1) is 10.2. The van der Waals surface area contributed by atoms with E-state index in [1.807, 2.05) is 21.1 Å². The van der Waals surface area contributed by atoms with Crippen LogP contribution < -0.4 is 9.62 Å². The van der Waals surface area contributed by atoms with Crippen LogP contribution in [0.2, 0.25) is 0 Å². The van der Waals surface area contributed by atoms with Crippen molar-refractivity contribution in [2.24, 2.45) is 5.14 Å². The maximum absolute atomic E-state index is 10.8. The predicted octanol–water partition coefficient (Wildman–Crippen LogP) is -0.869. The van der Waals surface area contributed by atoms with Crippen LogP contribution in [-0.2, 0) is 10.2 Å². The van der Waals surface area contributed by atoms with E-state index in [2.05, 4.69) is 5.10 Å². The molecule has 13 heavy (non-hydrogen) atoms. The highest BCUT2D eigenvalue weighted by molar-refractivity contribution is 7.87. The summed E-state index contributed by atoms with van der Waals surface area (Å²) in [6, 6.07) is 1.62. The summed E-state index contributed by atoms with van der Waals surface area (Å²) in [5.41, 5.74) is 0. The summed E-state index contributed by atoms with van der Waals surface area (Å²) in [4.78, 5) is 0. The van der Waals surface area contributed by atoms with Crippen molar-refractivity contribution in [2.45, 2.75) is 0 Å². The Bertz CT molecular complexity index is 401. The molecule has 6 nitrogen and oxygen atoms in total. The molecule has 0 fully saturated rings. The summed E-state index contributed by atoms with van der Waals surface area (Å²) < 4.78 is 22.9. The third kappa shape index (κ3) is 2.27.